The number of piperidine rings is 1. The Labute approximate surface area is 138 Å². The van der Waals surface area contributed by atoms with E-state index in [0.717, 1.165) is 11.1 Å². The molecule has 0 spiro atoms. The summed E-state index contributed by atoms with van der Waals surface area (Å²) in [6.45, 7) is 8.63. The fraction of sp³-hybridized carbons (Fsp3) is 0.471. The average Bonchev–Trinajstić information content (AvgIpc) is 2.55. The van der Waals surface area contributed by atoms with Crippen molar-refractivity contribution in [2.75, 3.05) is 19.6 Å². The summed E-state index contributed by atoms with van der Waals surface area (Å²) in [6.07, 6.45) is 2.73. The molecule has 0 unspecified atom stereocenters. The van der Waals surface area contributed by atoms with Crippen molar-refractivity contribution in [3.8, 4) is 0 Å². The molecular weight excluding hydrogens is 312 g/mol. The van der Waals surface area contributed by atoms with E-state index in [1.807, 2.05) is 19.9 Å². The molecular formula is C17H24N2O3S. The Balaban J connectivity index is 2.05. The molecule has 1 aliphatic heterocycles. The van der Waals surface area contributed by atoms with Gasteiger partial charge in [0.25, 0.3) is 0 Å². The maximum Gasteiger partial charge on any atom is 0.243 e. The number of hydrogen-bond donors (Lipinski definition) is 1. The van der Waals surface area contributed by atoms with Crippen LogP contribution in [0.25, 0.3) is 0 Å². The minimum atomic E-state index is -3.48. The van der Waals surface area contributed by atoms with E-state index in [9.17, 15) is 13.2 Å². The molecule has 1 heterocycles. The normalized spacial score (nSPS) is 17.0. The van der Waals surface area contributed by atoms with Crippen molar-refractivity contribution in [2.24, 2.45) is 5.92 Å². The van der Waals surface area contributed by atoms with Gasteiger partial charge < -0.3 is 5.32 Å². The number of benzene rings is 1. The van der Waals surface area contributed by atoms with Gasteiger partial charge >= 0.3 is 0 Å². The van der Waals surface area contributed by atoms with Crippen molar-refractivity contribution in [3.63, 3.8) is 0 Å². The molecule has 0 bridgehead atoms. The van der Waals surface area contributed by atoms with Gasteiger partial charge in [0.2, 0.25) is 15.9 Å². The lowest BCUT2D eigenvalue weighted by atomic mass is 9.97. The molecule has 1 saturated heterocycles. The average molecular weight is 336 g/mol. The smallest absolute Gasteiger partial charge is 0.243 e. The molecule has 0 atom stereocenters. The molecule has 0 aromatic heterocycles. The Hall–Kier alpha value is -1.66. The van der Waals surface area contributed by atoms with Crippen molar-refractivity contribution in [2.45, 2.75) is 31.6 Å². The first kappa shape index (κ1) is 17.7. The third-order valence-corrected chi connectivity index (χ3v) is 6.26. The van der Waals surface area contributed by atoms with Gasteiger partial charge in [0.1, 0.15) is 0 Å². The van der Waals surface area contributed by atoms with Crippen molar-refractivity contribution in [1.82, 2.24) is 9.62 Å². The Morgan fingerprint density at radius 3 is 2.52 bits per heavy atom. The zero-order valence-electron chi connectivity index (χ0n) is 13.7. The first-order chi connectivity index (χ1) is 10.9. The van der Waals surface area contributed by atoms with Crippen LogP contribution in [0.5, 0.6) is 0 Å². The van der Waals surface area contributed by atoms with Gasteiger partial charge in [0.05, 0.1) is 4.90 Å². The van der Waals surface area contributed by atoms with E-state index in [1.165, 1.54) is 4.31 Å². The summed E-state index contributed by atoms with van der Waals surface area (Å²) >= 11 is 0. The summed E-state index contributed by atoms with van der Waals surface area (Å²) in [5.74, 6) is -0.144. The SMILES string of the molecule is C=CCNC(=O)C1CCN(S(=O)(=O)c2ccc(C)c(C)c2)CC1. The van der Waals surface area contributed by atoms with Crippen LogP contribution in [-0.4, -0.2) is 38.3 Å². The maximum absolute atomic E-state index is 12.7. The monoisotopic (exact) mass is 336 g/mol. The molecule has 1 fully saturated rings. The minimum absolute atomic E-state index is 0.0203. The van der Waals surface area contributed by atoms with E-state index in [-0.39, 0.29) is 11.8 Å². The molecule has 6 heteroatoms. The third-order valence-electron chi connectivity index (χ3n) is 4.36. The molecule has 0 saturated carbocycles. The number of nitrogens with zero attached hydrogens (tertiary/aromatic N) is 1. The molecule has 1 aromatic rings. The number of amides is 1. The molecule has 1 amide bonds. The Bertz CT molecular complexity index is 690. The maximum atomic E-state index is 12.7. The summed E-state index contributed by atoms with van der Waals surface area (Å²) < 4.78 is 26.9. The van der Waals surface area contributed by atoms with Crippen LogP contribution >= 0.6 is 0 Å². The minimum Gasteiger partial charge on any atom is -0.352 e. The second kappa shape index (κ2) is 7.27. The highest BCUT2D eigenvalue weighted by atomic mass is 32.2. The van der Waals surface area contributed by atoms with Crippen LogP contribution in [-0.2, 0) is 14.8 Å². The van der Waals surface area contributed by atoms with Gasteiger partial charge in [-0.25, -0.2) is 8.42 Å². The number of rotatable bonds is 5. The zero-order chi connectivity index (χ0) is 17.0. The van der Waals surface area contributed by atoms with Crippen LogP contribution in [0.15, 0.2) is 35.7 Å². The number of nitrogens with one attached hydrogen (secondary N) is 1. The number of carbonyl (C=O) groups is 1. The van der Waals surface area contributed by atoms with Gasteiger partial charge in [-0.1, -0.05) is 12.1 Å². The summed E-state index contributed by atoms with van der Waals surface area (Å²) in [7, 11) is -3.48. The molecule has 0 aliphatic carbocycles. The second-order valence-corrected chi connectivity index (χ2v) is 7.90. The van der Waals surface area contributed by atoms with Crippen LogP contribution in [0.4, 0.5) is 0 Å². The Morgan fingerprint density at radius 2 is 1.96 bits per heavy atom. The predicted octanol–water partition coefficient (Wildman–Crippen LogP) is 2.01. The van der Waals surface area contributed by atoms with E-state index in [1.54, 1.807) is 18.2 Å². The van der Waals surface area contributed by atoms with Crippen molar-refractivity contribution >= 4 is 15.9 Å². The Kier molecular flexibility index (Phi) is 5.59. The molecule has 23 heavy (non-hydrogen) atoms. The van der Waals surface area contributed by atoms with Gasteiger partial charge in [0, 0.05) is 25.6 Å². The fourth-order valence-corrected chi connectivity index (χ4v) is 4.25. The van der Waals surface area contributed by atoms with Gasteiger partial charge in [-0.3, -0.25) is 4.79 Å². The first-order valence-corrected chi connectivity index (χ1v) is 9.26. The van der Waals surface area contributed by atoms with E-state index in [4.69, 9.17) is 0 Å². The number of sulfonamides is 1. The van der Waals surface area contributed by atoms with Crippen molar-refractivity contribution in [3.05, 3.63) is 42.0 Å². The van der Waals surface area contributed by atoms with Crippen molar-refractivity contribution in [1.29, 1.82) is 0 Å². The second-order valence-electron chi connectivity index (χ2n) is 5.96. The molecule has 5 nitrogen and oxygen atoms in total. The molecule has 1 aromatic carbocycles. The van der Waals surface area contributed by atoms with E-state index in [0.29, 0.717) is 37.4 Å². The van der Waals surface area contributed by atoms with Gasteiger partial charge in [0.15, 0.2) is 0 Å². The predicted molar refractivity (Wildman–Crippen MR) is 90.6 cm³/mol. The molecule has 0 radical (unpaired) electrons. The highest BCUT2D eigenvalue weighted by molar-refractivity contribution is 7.89. The molecule has 1 N–H and O–H groups in total. The first-order valence-electron chi connectivity index (χ1n) is 7.82. The van der Waals surface area contributed by atoms with E-state index >= 15 is 0 Å². The van der Waals surface area contributed by atoms with Gasteiger partial charge in [-0.05, 0) is 49.9 Å². The summed E-state index contributed by atoms with van der Waals surface area (Å²) in [6, 6.07) is 5.20. The molecule has 126 valence electrons. The lowest BCUT2D eigenvalue weighted by molar-refractivity contribution is -0.125. The molecule has 2 rings (SSSR count). The lowest BCUT2D eigenvalue weighted by Crippen LogP contribution is -2.43. The topological polar surface area (TPSA) is 66.5 Å². The number of carbonyl (C=O) groups excluding carboxylic acids is 1. The van der Waals surface area contributed by atoms with Gasteiger partial charge in [-0.15, -0.1) is 6.58 Å². The third kappa shape index (κ3) is 4.00. The standard InChI is InChI=1S/C17H24N2O3S/c1-4-9-18-17(20)15-7-10-19(11-8-15)23(21,22)16-6-5-13(2)14(3)12-16/h4-6,12,15H,1,7-11H2,2-3H3,(H,18,20). The van der Waals surface area contributed by atoms with Crippen LogP contribution in [0.1, 0.15) is 24.0 Å². The molecule has 1 aliphatic rings. The van der Waals surface area contributed by atoms with Crippen molar-refractivity contribution < 1.29 is 13.2 Å². The van der Waals surface area contributed by atoms with Crippen LogP contribution in [0.3, 0.4) is 0 Å². The largest absolute Gasteiger partial charge is 0.352 e. The summed E-state index contributed by atoms with van der Waals surface area (Å²) in [5.41, 5.74) is 2.03. The fourth-order valence-electron chi connectivity index (χ4n) is 2.70. The van der Waals surface area contributed by atoms with Crippen LogP contribution in [0, 0.1) is 19.8 Å². The highest BCUT2D eigenvalue weighted by Crippen LogP contribution is 2.25. The van der Waals surface area contributed by atoms with Crippen LogP contribution < -0.4 is 5.32 Å². The zero-order valence-corrected chi connectivity index (χ0v) is 14.5. The van der Waals surface area contributed by atoms with Crippen LogP contribution in [0.2, 0.25) is 0 Å². The van der Waals surface area contributed by atoms with Gasteiger partial charge in [-0.2, -0.15) is 4.31 Å². The highest BCUT2D eigenvalue weighted by Gasteiger charge is 2.31. The number of aryl methyl sites for hydroxylation is 2. The van der Waals surface area contributed by atoms with E-state index in [2.05, 4.69) is 11.9 Å². The summed E-state index contributed by atoms with van der Waals surface area (Å²) in [5, 5.41) is 2.78. The summed E-state index contributed by atoms with van der Waals surface area (Å²) in [4.78, 5) is 12.3. The van der Waals surface area contributed by atoms with E-state index < -0.39 is 10.0 Å². The lowest BCUT2D eigenvalue weighted by Gasteiger charge is -2.30. The quantitative estimate of drug-likeness (QED) is 0.837. The Morgan fingerprint density at radius 1 is 1.30 bits per heavy atom. The number of hydrogen-bond acceptors (Lipinski definition) is 3.